The van der Waals surface area contributed by atoms with Crippen LogP contribution in [0.25, 0.3) is 0 Å². The van der Waals surface area contributed by atoms with E-state index in [0.29, 0.717) is 5.69 Å². The van der Waals surface area contributed by atoms with E-state index < -0.39 is 6.04 Å². The molecule has 8 nitrogen and oxygen atoms in total. The Morgan fingerprint density at radius 2 is 2.18 bits per heavy atom. The molecule has 22 heavy (non-hydrogen) atoms. The Hall–Kier alpha value is -2.48. The fourth-order valence-corrected chi connectivity index (χ4v) is 2.22. The van der Waals surface area contributed by atoms with Gasteiger partial charge in [0.05, 0.1) is 25.1 Å². The Kier molecular flexibility index (Phi) is 4.29. The average molecular weight is 302 g/mol. The van der Waals surface area contributed by atoms with Crippen LogP contribution in [0.5, 0.6) is 0 Å². The Bertz CT molecular complexity index is 607. The number of nitrogens with zero attached hydrogens (tertiary/aromatic N) is 5. The van der Waals surface area contributed by atoms with Gasteiger partial charge in [0.15, 0.2) is 0 Å². The molecule has 1 amide bonds. The Morgan fingerprint density at radius 3 is 2.82 bits per heavy atom. The number of carbonyl (C=O) groups excluding carboxylic acids is 1. The van der Waals surface area contributed by atoms with Gasteiger partial charge in [-0.3, -0.25) is 4.79 Å². The second-order valence-corrected chi connectivity index (χ2v) is 5.05. The third-order valence-electron chi connectivity index (χ3n) is 3.56. The summed E-state index contributed by atoms with van der Waals surface area (Å²) in [5, 5.41) is 6.79. The highest BCUT2D eigenvalue weighted by molar-refractivity contribution is 5.93. The summed E-state index contributed by atoms with van der Waals surface area (Å²) in [6.45, 7) is 4.87. The Morgan fingerprint density at radius 1 is 1.36 bits per heavy atom. The monoisotopic (exact) mass is 302 g/mol. The first-order valence-corrected chi connectivity index (χ1v) is 7.18. The molecule has 1 saturated heterocycles. The average Bonchev–Trinajstić information content (AvgIpc) is 3.10. The van der Waals surface area contributed by atoms with Crippen molar-refractivity contribution < 1.29 is 9.53 Å². The minimum Gasteiger partial charge on any atom is -0.378 e. The summed E-state index contributed by atoms with van der Waals surface area (Å²) in [6.07, 6.45) is 4.59. The highest BCUT2D eigenvalue weighted by Crippen LogP contribution is 2.16. The highest BCUT2D eigenvalue weighted by atomic mass is 16.5. The second kappa shape index (κ2) is 6.52. The van der Waals surface area contributed by atoms with Crippen LogP contribution >= 0.6 is 0 Å². The Balaban J connectivity index is 1.62. The number of ether oxygens (including phenoxy) is 1. The van der Waals surface area contributed by atoms with E-state index in [-0.39, 0.29) is 5.91 Å². The first-order chi connectivity index (χ1) is 10.7. The molecule has 3 heterocycles. The van der Waals surface area contributed by atoms with Gasteiger partial charge in [-0.15, -0.1) is 0 Å². The maximum absolute atomic E-state index is 12.1. The number of aromatic nitrogens is 4. The number of pyridine rings is 1. The smallest absolute Gasteiger partial charge is 0.249 e. The van der Waals surface area contributed by atoms with Crippen LogP contribution in [0.1, 0.15) is 13.0 Å². The molecular weight excluding hydrogens is 284 g/mol. The SMILES string of the molecule is C[C@H](C(=O)Nc1ccc(N2CCOCC2)nc1)n1cncn1. The van der Waals surface area contributed by atoms with E-state index in [2.05, 4.69) is 25.3 Å². The summed E-state index contributed by atoms with van der Waals surface area (Å²) in [7, 11) is 0. The zero-order chi connectivity index (χ0) is 15.4. The van der Waals surface area contributed by atoms with Crippen LogP contribution < -0.4 is 10.2 Å². The van der Waals surface area contributed by atoms with Crippen molar-refractivity contribution in [1.82, 2.24) is 19.7 Å². The molecule has 2 aromatic heterocycles. The molecule has 1 aliphatic heterocycles. The molecule has 0 spiro atoms. The molecule has 0 bridgehead atoms. The molecule has 2 aromatic rings. The van der Waals surface area contributed by atoms with Crippen molar-refractivity contribution in [2.24, 2.45) is 0 Å². The lowest BCUT2D eigenvalue weighted by atomic mass is 10.3. The van der Waals surface area contributed by atoms with Crippen LogP contribution in [0.4, 0.5) is 11.5 Å². The van der Waals surface area contributed by atoms with Gasteiger partial charge in [0.25, 0.3) is 0 Å². The topological polar surface area (TPSA) is 85.2 Å². The summed E-state index contributed by atoms with van der Waals surface area (Å²) < 4.78 is 6.82. The lowest BCUT2D eigenvalue weighted by Crippen LogP contribution is -2.36. The second-order valence-electron chi connectivity index (χ2n) is 5.05. The van der Waals surface area contributed by atoms with Crippen molar-refractivity contribution in [2.75, 3.05) is 36.5 Å². The molecule has 1 fully saturated rings. The van der Waals surface area contributed by atoms with Gasteiger partial charge < -0.3 is 15.0 Å². The van der Waals surface area contributed by atoms with Crippen LogP contribution in [0.3, 0.4) is 0 Å². The van der Waals surface area contributed by atoms with Crippen molar-refractivity contribution in [2.45, 2.75) is 13.0 Å². The zero-order valence-corrected chi connectivity index (χ0v) is 12.3. The molecule has 1 aliphatic rings. The number of carbonyl (C=O) groups is 1. The zero-order valence-electron chi connectivity index (χ0n) is 12.3. The van der Waals surface area contributed by atoms with Gasteiger partial charge in [-0.1, -0.05) is 0 Å². The van der Waals surface area contributed by atoms with Gasteiger partial charge >= 0.3 is 0 Å². The number of rotatable bonds is 4. The number of hydrogen-bond donors (Lipinski definition) is 1. The summed E-state index contributed by atoms with van der Waals surface area (Å²) in [5.74, 6) is 0.733. The first kappa shape index (κ1) is 14.5. The van der Waals surface area contributed by atoms with Crippen LogP contribution in [0.2, 0.25) is 0 Å². The summed E-state index contributed by atoms with van der Waals surface area (Å²) in [6, 6.07) is 3.33. The van der Waals surface area contributed by atoms with Gasteiger partial charge in [-0.05, 0) is 19.1 Å². The third kappa shape index (κ3) is 3.22. The molecule has 0 unspecified atom stereocenters. The Labute approximate surface area is 128 Å². The van der Waals surface area contributed by atoms with Crippen molar-refractivity contribution in [3.8, 4) is 0 Å². The number of hydrogen-bond acceptors (Lipinski definition) is 6. The molecule has 0 saturated carbocycles. The van der Waals surface area contributed by atoms with Crippen molar-refractivity contribution in [3.05, 3.63) is 31.0 Å². The third-order valence-corrected chi connectivity index (χ3v) is 3.56. The van der Waals surface area contributed by atoms with Crippen molar-refractivity contribution in [1.29, 1.82) is 0 Å². The number of anilines is 2. The van der Waals surface area contributed by atoms with Crippen molar-refractivity contribution >= 4 is 17.4 Å². The van der Waals surface area contributed by atoms with E-state index in [9.17, 15) is 4.79 Å². The highest BCUT2D eigenvalue weighted by Gasteiger charge is 2.16. The summed E-state index contributed by atoms with van der Waals surface area (Å²) in [4.78, 5) is 22.5. The van der Waals surface area contributed by atoms with E-state index in [1.807, 2.05) is 12.1 Å². The van der Waals surface area contributed by atoms with Gasteiger partial charge in [0.2, 0.25) is 5.91 Å². The van der Waals surface area contributed by atoms with Crippen LogP contribution in [0, 0.1) is 0 Å². The van der Waals surface area contributed by atoms with Crippen LogP contribution in [0.15, 0.2) is 31.0 Å². The maximum atomic E-state index is 12.1. The van der Waals surface area contributed by atoms with Crippen LogP contribution in [-0.4, -0.2) is 52.0 Å². The molecule has 1 atom stereocenters. The number of morpholine rings is 1. The maximum Gasteiger partial charge on any atom is 0.249 e. The minimum absolute atomic E-state index is 0.161. The normalized spacial score (nSPS) is 16.3. The fraction of sp³-hybridized carbons (Fsp3) is 0.429. The summed E-state index contributed by atoms with van der Waals surface area (Å²) >= 11 is 0. The summed E-state index contributed by atoms with van der Waals surface area (Å²) in [5.41, 5.74) is 0.661. The molecule has 0 aromatic carbocycles. The number of nitrogens with one attached hydrogen (secondary N) is 1. The van der Waals surface area contributed by atoms with E-state index in [4.69, 9.17) is 4.74 Å². The quantitative estimate of drug-likeness (QED) is 0.895. The van der Waals surface area contributed by atoms with E-state index in [1.54, 1.807) is 13.1 Å². The number of amides is 1. The van der Waals surface area contributed by atoms with Gasteiger partial charge in [-0.25, -0.2) is 14.6 Å². The van der Waals surface area contributed by atoms with E-state index in [1.165, 1.54) is 17.3 Å². The molecule has 8 heteroatoms. The van der Waals surface area contributed by atoms with Gasteiger partial charge in [0, 0.05) is 13.1 Å². The first-order valence-electron chi connectivity index (χ1n) is 7.18. The molecule has 116 valence electrons. The molecule has 0 radical (unpaired) electrons. The van der Waals surface area contributed by atoms with E-state index >= 15 is 0 Å². The molecular formula is C14H18N6O2. The van der Waals surface area contributed by atoms with Gasteiger partial charge in [0.1, 0.15) is 24.5 Å². The lowest BCUT2D eigenvalue weighted by molar-refractivity contribution is -0.119. The predicted molar refractivity (Wildman–Crippen MR) is 80.6 cm³/mol. The molecule has 3 rings (SSSR count). The fourth-order valence-electron chi connectivity index (χ4n) is 2.22. The predicted octanol–water partition coefficient (Wildman–Crippen LogP) is 0.709. The van der Waals surface area contributed by atoms with Crippen molar-refractivity contribution in [3.63, 3.8) is 0 Å². The van der Waals surface area contributed by atoms with E-state index in [0.717, 1.165) is 32.1 Å². The minimum atomic E-state index is -0.429. The lowest BCUT2D eigenvalue weighted by Gasteiger charge is -2.27. The standard InChI is InChI=1S/C14H18N6O2/c1-11(20-10-15-9-17-20)14(21)18-12-2-3-13(16-8-12)19-4-6-22-7-5-19/h2-3,8-11H,4-7H2,1H3,(H,18,21)/t11-/m1/s1. The van der Waals surface area contributed by atoms with Crippen LogP contribution in [-0.2, 0) is 9.53 Å². The largest absolute Gasteiger partial charge is 0.378 e. The molecule has 0 aliphatic carbocycles. The molecule has 1 N–H and O–H groups in total. The van der Waals surface area contributed by atoms with Gasteiger partial charge in [-0.2, -0.15) is 5.10 Å².